The highest BCUT2D eigenvalue weighted by Crippen LogP contribution is 2.30. The van der Waals surface area contributed by atoms with Gasteiger partial charge in [-0.05, 0) is 61.9 Å². The standard InChI is InChI=1S/C21H18N2O5S4/c1-21(2,32-23-26)12-22-19(24)15-5-3-4-6-16(15)28-20(25)27-14-9-7-13(8-10-14)17-11-18(29)31-30-17/h3-11H,12H2,1-2H3,(H,22,24). The van der Waals surface area contributed by atoms with Crippen molar-refractivity contribution in [1.82, 2.24) is 5.32 Å². The van der Waals surface area contributed by atoms with E-state index in [4.69, 9.17) is 21.7 Å². The molecule has 0 saturated carbocycles. The van der Waals surface area contributed by atoms with Gasteiger partial charge in [0.1, 0.15) is 15.3 Å². The zero-order valence-electron chi connectivity index (χ0n) is 17.0. The maximum atomic E-state index is 12.6. The summed E-state index contributed by atoms with van der Waals surface area (Å²) in [6, 6.07) is 15.2. The summed E-state index contributed by atoms with van der Waals surface area (Å²) < 4.78 is 13.5. The van der Waals surface area contributed by atoms with Crippen molar-refractivity contribution in [3.8, 4) is 21.9 Å². The second-order valence-corrected chi connectivity index (χ2v) is 11.4. The third kappa shape index (κ3) is 6.70. The number of hydrogen-bond acceptors (Lipinski definition) is 10. The van der Waals surface area contributed by atoms with Crippen LogP contribution in [0.25, 0.3) is 10.4 Å². The first-order valence-electron chi connectivity index (χ1n) is 9.26. The average Bonchev–Trinajstić information content (AvgIpc) is 3.19. The third-order valence-electron chi connectivity index (χ3n) is 4.09. The first-order chi connectivity index (χ1) is 15.3. The van der Waals surface area contributed by atoms with Crippen molar-refractivity contribution in [3.05, 3.63) is 68.9 Å². The summed E-state index contributed by atoms with van der Waals surface area (Å²) in [5, 5.41) is 2.71. The van der Waals surface area contributed by atoms with E-state index in [1.165, 1.54) is 22.5 Å². The largest absolute Gasteiger partial charge is 0.519 e. The van der Waals surface area contributed by atoms with Gasteiger partial charge in [-0.3, -0.25) is 4.79 Å². The predicted octanol–water partition coefficient (Wildman–Crippen LogP) is 6.71. The molecule has 3 rings (SSSR count). The highest BCUT2D eigenvalue weighted by molar-refractivity contribution is 7.99. The Hall–Kier alpha value is -2.60. The van der Waals surface area contributed by atoms with E-state index in [1.807, 2.05) is 18.2 Å². The number of rotatable bonds is 8. The number of amides is 1. The number of nitrogens with one attached hydrogen (secondary N) is 1. The van der Waals surface area contributed by atoms with Gasteiger partial charge < -0.3 is 14.8 Å². The van der Waals surface area contributed by atoms with Crippen LogP contribution in [0.3, 0.4) is 0 Å². The molecule has 0 aliphatic heterocycles. The Bertz CT molecular complexity index is 1170. The maximum Gasteiger partial charge on any atom is 0.519 e. The van der Waals surface area contributed by atoms with Gasteiger partial charge in [-0.2, -0.15) is 0 Å². The quantitative estimate of drug-likeness (QED) is 0.0906. The van der Waals surface area contributed by atoms with Crippen LogP contribution < -0.4 is 14.8 Å². The number of hydrogen-bond donors (Lipinski definition) is 1. The van der Waals surface area contributed by atoms with Crippen molar-refractivity contribution in [2.45, 2.75) is 18.6 Å². The Morgan fingerprint density at radius 2 is 1.81 bits per heavy atom. The fourth-order valence-corrected chi connectivity index (χ4v) is 5.27. The number of nitroso groups, excluding NO2 is 1. The molecule has 0 spiro atoms. The van der Waals surface area contributed by atoms with Crippen LogP contribution in [-0.4, -0.2) is 23.4 Å². The number of benzene rings is 2. The zero-order valence-corrected chi connectivity index (χ0v) is 20.3. The molecule has 1 N–H and O–H groups in total. The molecule has 11 heteroatoms. The fourth-order valence-electron chi connectivity index (χ4n) is 2.53. The molecule has 1 amide bonds. The number of para-hydroxylation sites is 1. The molecule has 0 fully saturated rings. The summed E-state index contributed by atoms with van der Waals surface area (Å²) in [6.45, 7) is 3.75. The van der Waals surface area contributed by atoms with Crippen LogP contribution in [0.2, 0.25) is 0 Å². The molecule has 32 heavy (non-hydrogen) atoms. The molecule has 0 radical (unpaired) electrons. The van der Waals surface area contributed by atoms with Crippen LogP contribution in [0.15, 0.2) is 59.2 Å². The smallest absolute Gasteiger partial charge is 0.395 e. The van der Waals surface area contributed by atoms with Gasteiger partial charge in [0, 0.05) is 28.0 Å². The van der Waals surface area contributed by atoms with E-state index >= 15 is 0 Å². The highest BCUT2D eigenvalue weighted by Gasteiger charge is 2.23. The van der Waals surface area contributed by atoms with Crippen LogP contribution in [-0.2, 0) is 0 Å². The van der Waals surface area contributed by atoms with E-state index in [2.05, 4.69) is 9.90 Å². The lowest BCUT2D eigenvalue weighted by Gasteiger charge is -2.20. The molecule has 2 aromatic carbocycles. The molecular weight excluding hydrogens is 489 g/mol. The van der Waals surface area contributed by atoms with Crippen molar-refractivity contribution in [1.29, 1.82) is 0 Å². The Balaban J connectivity index is 1.63. The number of carbonyl (C=O) groups excluding carboxylic acids is 2. The molecule has 1 heterocycles. The van der Waals surface area contributed by atoms with Crippen molar-refractivity contribution >= 4 is 56.9 Å². The van der Waals surface area contributed by atoms with Crippen molar-refractivity contribution in [3.63, 3.8) is 0 Å². The number of nitrogens with zero attached hydrogens (tertiary/aromatic N) is 1. The Labute approximate surface area is 201 Å². The van der Waals surface area contributed by atoms with Gasteiger partial charge in [-0.15, -0.1) is 4.91 Å². The fraction of sp³-hybridized carbons (Fsp3) is 0.190. The minimum Gasteiger partial charge on any atom is -0.395 e. The van der Waals surface area contributed by atoms with Gasteiger partial charge in [-0.1, -0.05) is 45.0 Å². The first kappa shape index (κ1) is 24.1. The molecule has 0 atom stereocenters. The van der Waals surface area contributed by atoms with E-state index < -0.39 is 16.8 Å². The summed E-state index contributed by atoms with van der Waals surface area (Å²) in [5.41, 5.74) is 1.13. The molecule has 0 aliphatic rings. The van der Waals surface area contributed by atoms with Gasteiger partial charge in [0.15, 0.2) is 0 Å². The van der Waals surface area contributed by atoms with Crippen LogP contribution in [0.1, 0.15) is 24.2 Å². The second-order valence-electron chi connectivity index (χ2n) is 7.08. The third-order valence-corrected chi connectivity index (χ3v) is 7.71. The zero-order chi connectivity index (χ0) is 23.1. The minimum atomic E-state index is -0.967. The molecule has 7 nitrogen and oxygen atoms in total. The Morgan fingerprint density at radius 3 is 2.47 bits per heavy atom. The van der Waals surface area contributed by atoms with Gasteiger partial charge in [-0.25, -0.2) is 4.79 Å². The van der Waals surface area contributed by atoms with Crippen LogP contribution >= 0.6 is 44.8 Å². The van der Waals surface area contributed by atoms with Crippen molar-refractivity contribution in [2.75, 3.05) is 6.54 Å². The van der Waals surface area contributed by atoms with E-state index in [9.17, 15) is 14.5 Å². The predicted molar refractivity (Wildman–Crippen MR) is 131 cm³/mol. The SMILES string of the molecule is CC(C)(CNC(=O)c1ccccc1OC(=O)Oc1ccc(-c2cc(=S)ss2)cc1)SN=O. The summed E-state index contributed by atoms with van der Waals surface area (Å²) in [4.78, 5) is 36.4. The molecule has 0 aliphatic carbocycles. The van der Waals surface area contributed by atoms with Gasteiger partial charge in [0.05, 0.1) is 10.3 Å². The van der Waals surface area contributed by atoms with E-state index in [-0.39, 0.29) is 17.9 Å². The summed E-state index contributed by atoms with van der Waals surface area (Å²) in [5.74, 6) is -0.0845. The van der Waals surface area contributed by atoms with Gasteiger partial charge in [0.25, 0.3) is 5.91 Å². The van der Waals surface area contributed by atoms with Gasteiger partial charge in [0.2, 0.25) is 0 Å². The topological polar surface area (TPSA) is 94.1 Å². The molecule has 0 unspecified atom stereocenters. The minimum absolute atomic E-state index is 0.0589. The average molecular weight is 507 g/mol. The van der Waals surface area contributed by atoms with E-state index in [0.717, 1.165) is 26.2 Å². The van der Waals surface area contributed by atoms with E-state index in [0.29, 0.717) is 5.75 Å². The van der Waals surface area contributed by atoms with Gasteiger partial charge >= 0.3 is 6.16 Å². The Kier molecular flexibility index (Phi) is 8.13. The monoisotopic (exact) mass is 506 g/mol. The molecule has 166 valence electrons. The van der Waals surface area contributed by atoms with Crippen molar-refractivity contribution in [2.24, 2.45) is 4.58 Å². The summed E-state index contributed by atoms with van der Waals surface area (Å²) in [7, 11) is 3.11. The normalized spacial score (nSPS) is 10.9. The lowest BCUT2D eigenvalue weighted by Crippen LogP contribution is -2.36. The van der Waals surface area contributed by atoms with Crippen LogP contribution in [0.4, 0.5) is 4.79 Å². The number of carbonyl (C=O) groups is 2. The summed E-state index contributed by atoms with van der Waals surface area (Å²) in [6.07, 6.45) is -0.967. The maximum absolute atomic E-state index is 12.6. The first-order valence-corrected chi connectivity index (χ1v) is 12.6. The highest BCUT2D eigenvalue weighted by atomic mass is 32.9. The number of ether oxygens (including phenoxy) is 2. The second kappa shape index (κ2) is 10.8. The lowest BCUT2D eigenvalue weighted by atomic mass is 10.1. The van der Waals surface area contributed by atoms with Crippen LogP contribution in [0, 0.1) is 8.73 Å². The molecule has 0 bridgehead atoms. The molecule has 1 aromatic heterocycles. The molecular formula is C21H18N2O5S4. The molecule has 3 aromatic rings. The van der Waals surface area contributed by atoms with E-state index in [1.54, 1.807) is 48.5 Å². The van der Waals surface area contributed by atoms with Crippen LogP contribution in [0.5, 0.6) is 11.5 Å². The lowest BCUT2D eigenvalue weighted by molar-refractivity contribution is 0.0947. The molecule has 0 saturated heterocycles. The summed E-state index contributed by atoms with van der Waals surface area (Å²) >= 11 is 5.98. The Morgan fingerprint density at radius 1 is 1.09 bits per heavy atom. The van der Waals surface area contributed by atoms with Crippen molar-refractivity contribution < 1.29 is 19.1 Å².